The minimum Gasteiger partial charge on any atom is -0.493 e. The maximum absolute atomic E-state index is 5.92. The Morgan fingerprint density at radius 1 is 1.38 bits per heavy atom. The highest BCUT2D eigenvalue weighted by molar-refractivity contribution is 5.38. The van der Waals surface area contributed by atoms with Crippen LogP contribution in [0.3, 0.4) is 0 Å². The van der Waals surface area contributed by atoms with E-state index in [1.807, 2.05) is 0 Å². The highest BCUT2D eigenvalue weighted by Gasteiger charge is 2.14. The van der Waals surface area contributed by atoms with E-state index in [0.29, 0.717) is 5.92 Å². The monoisotopic (exact) mass is 219 g/mol. The van der Waals surface area contributed by atoms with Crippen LogP contribution in [-0.4, -0.2) is 19.7 Å². The zero-order chi connectivity index (χ0) is 11.4. The molecule has 88 valence electrons. The fourth-order valence-electron chi connectivity index (χ4n) is 2.15. The van der Waals surface area contributed by atoms with Gasteiger partial charge in [0.1, 0.15) is 5.75 Å². The fraction of sp³-hybridized carbons (Fsp3) is 0.571. The van der Waals surface area contributed by atoms with Crippen molar-refractivity contribution in [2.24, 2.45) is 5.92 Å². The summed E-state index contributed by atoms with van der Waals surface area (Å²) >= 11 is 0. The molecular formula is C14H21NO. The molecule has 2 nitrogen and oxygen atoms in total. The second-order valence-electron chi connectivity index (χ2n) is 4.72. The van der Waals surface area contributed by atoms with Crippen LogP contribution in [0.25, 0.3) is 0 Å². The minimum absolute atomic E-state index is 0.675. The van der Waals surface area contributed by atoms with Gasteiger partial charge in [-0.25, -0.2) is 0 Å². The largest absolute Gasteiger partial charge is 0.493 e. The lowest BCUT2D eigenvalue weighted by atomic mass is 10.0. The second-order valence-corrected chi connectivity index (χ2v) is 4.72. The molecule has 1 N–H and O–H groups in total. The summed E-state index contributed by atoms with van der Waals surface area (Å²) in [6.07, 6.45) is 2.57. The van der Waals surface area contributed by atoms with Crippen LogP contribution in [0.4, 0.5) is 0 Å². The number of benzene rings is 1. The van der Waals surface area contributed by atoms with Crippen LogP contribution in [0.2, 0.25) is 0 Å². The zero-order valence-corrected chi connectivity index (χ0v) is 10.3. The van der Waals surface area contributed by atoms with Gasteiger partial charge in [0.25, 0.3) is 0 Å². The lowest BCUT2D eigenvalue weighted by Gasteiger charge is -2.23. The van der Waals surface area contributed by atoms with E-state index in [2.05, 4.69) is 37.4 Å². The SMILES string of the molecule is Cc1cccc(OC[C@@H]2CCCNC2)c1C. The van der Waals surface area contributed by atoms with E-state index in [4.69, 9.17) is 4.74 Å². The van der Waals surface area contributed by atoms with Gasteiger partial charge in [-0.2, -0.15) is 0 Å². The van der Waals surface area contributed by atoms with Crippen LogP contribution < -0.4 is 10.1 Å². The van der Waals surface area contributed by atoms with Gasteiger partial charge < -0.3 is 10.1 Å². The van der Waals surface area contributed by atoms with Crippen molar-refractivity contribution in [3.63, 3.8) is 0 Å². The Balaban J connectivity index is 1.91. The maximum atomic E-state index is 5.92. The van der Waals surface area contributed by atoms with Gasteiger partial charge >= 0.3 is 0 Å². The van der Waals surface area contributed by atoms with Gasteiger partial charge in [-0.3, -0.25) is 0 Å². The van der Waals surface area contributed by atoms with Crippen molar-refractivity contribution < 1.29 is 4.74 Å². The van der Waals surface area contributed by atoms with Gasteiger partial charge in [-0.15, -0.1) is 0 Å². The van der Waals surface area contributed by atoms with Crippen molar-refractivity contribution in [2.75, 3.05) is 19.7 Å². The number of hydrogen-bond donors (Lipinski definition) is 1. The molecule has 1 aromatic rings. The Morgan fingerprint density at radius 2 is 2.25 bits per heavy atom. The van der Waals surface area contributed by atoms with Gasteiger partial charge in [0.05, 0.1) is 6.61 Å². The molecule has 1 aliphatic rings. The van der Waals surface area contributed by atoms with Crippen LogP contribution in [0, 0.1) is 19.8 Å². The molecule has 0 saturated carbocycles. The molecule has 1 saturated heterocycles. The van der Waals surface area contributed by atoms with Crippen molar-refractivity contribution in [2.45, 2.75) is 26.7 Å². The first-order valence-electron chi connectivity index (χ1n) is 6.17. The smallest absolute Gasteiger partial charge is 0.122 e. The van der Waals surface area contributed by atoms with Gasteiger partial charge in [-0.05, 0) is 50.4 Å². The Labute approximate surface area is 98.0 Å². The molecule has 0 aliphatic carbocycles. The van der Waals surface area contributed by atoms with Crippen molar-refractivity contribution in [1.82, 2.24) is 5.32 Å². The van der Waals surface area contributed by atoms with E-state index in [9.17, 15) is 0 Å². The Bertz CT molecular complexity index is 343. The Morgan fingerprint density at radius 3 is 3.00 bits per heavy atom. The Hall–Kier alpha value is -1.02. The molecule has 2 rings (SSSR count). The molecule has 1 aliphatic heterocycles. The van der Waals surface area contributed by atoms with Crippen LogP contribution in [0.15, 0.2) is 18.2 Å². The molecule has 0 unspecified atom stereocenters. The minimum atomic E-state index is 0.675. The Kier molecular flexibility index (Phi) is 3.83. The molecule has 0 radical (unpaired) electrons. The first kappa shape index (κ1) is 11.5. The third-order valence-electron chi connectivity index (χ3n) is 3.43. The van der Waals surface area contributed by atoms with Crippen molar-refractivity contribution in [1.29, 1.82) is 0 Å². The zero-order valence-electron chi connectivity index (χ0n) is 10.3. The summed E-state index contributed by atoms with van der Waals surface area (Å²) in [5.74, 6) is 1.72. The average Bonchev–Trinajstić information content (AvgIpc) is 2.32. The lowest BCUT2D eigenvalue weighted by Crippen LogP contribution is -2.33. The third kappa shape index (κ3) is 2.76. The summed E-state index contributed by atoms with van der Waals surface area (Å²) in [7, 11) is 0. The predicted molar refractivity (Wildman–Crippen MR) is 67.0 cm³/mol. The van der Waals surface area contributed by atoms with Gasteiger partial charge in [0, 0.05) is 12.5 Å². The molecule has 2 heteroatoms. The summed E-state index contributed by atoms with van der Waals surface area (Å²) in [6, 6.07) is 6.26. The molecule has 0 bridgehead atoms. The van der Waals surface area contributed by atoms with E-state index < -0.39 is 0 Å². The summed E-state index contributed by atoms with van der Waals surface area (Å²) < 4.78 is 5.92. The topological polar surface area (TPSA) is 21.3 Å². The maximum Gasteiger partial charge on any atom is 0.122 e. The molecule has 1 heterocycles. The average molecular weight is 219 g/mol. The van der Waals surface area contributed by atoms with Crippen LogP contribution in [0.5, 0.6) is 5.75 Å². The number of piperidine rings is 1. The fourth-order valence-corrected chi connectivity index (χ4v) is 2.15. The normalized spacial score (nSPS) is 20.8. The first-order chi connectivity index (χ1) is 7.77. The standard InChI is InChI=1S/C14H21NO/c1-11-5-3-7-14(12(11)2)16-10-13-6-4-8-15-9-13/h3,5,7,13,15H,4,6,8-10H2,1-2H3/t13-/m1/s1. The number of aryl methyl sites for hydroxylation is 1. The van der Waals surface area contributed by atoms with Gasteiger partial charge in [-0.1, -0.05) is 12.1 Å². The predicted octanol–water partition coefficient (Wildman–Crippen LogP) is 2.68. The van der Waals surface area contributed by atoms with Crippen molar-refractivity contribution in [3.8, 4) is 5.75 Å². The molecule has 1 aromatic carbocycles. The number of hydrogen-bond acceptors (Lipinski definition) is 2. The third-order valence-corrected chi connectivity index (χ3v) is 3.43. The summed E-state index contributed by atoms with van der Waals surface area (Å²) in [6.45, 7) is 7.37. The van der Waals surface area contributed by atoms with Gasteiger partial charge in [0.15, 0.2) is 0 Å². The molecular weight excluding hydrogens is 198 g/mol. The quantitative estimate of drug-likeness (QED) is 0.844. The second kappa shape index (κ2) is 5.35. The van der Waals surface area contributed by atoms with E-state index in [0.717, 1.165) is 18.9 Å². The van der Waals surface area contributed by atoms with E-state index in [-0.39, 0.29) is 0 Å². The summed E-state index contributed by atoms with van der Waals surface area (Å²) in [5.41, 5.74) is 2.57. The highest BCUT2D eigenvalue weighted by Crippen LogP contribution is 2.22. The van der Waals surface area contributed by atoms with E-state index >= 15 is 0 Å². The number of nitrogens with one attached hydrogen (secondary N) is 1. The van der Waals surface area contributed by atoms with E-state index in [1.165, 1.54) is 30.5 Å². The number of ether oxygens (including phenoxy) is 1. The number of rotatable bonds is 3. The molecule has 0 amide bonds. The highest BCUT2D eigenvalue weighted by atomic mass is 16.5. The van der Waals surface area contributed by atoms with E-state index in [1.54, 1.807) is 0 Å². The van der Waals surface area contributed by atoms with Crippen molar-refractivity contribution in [3.05, 3.63) is 29.3 Å². The molecule has 0 aromatic heterocycles. The molecule has 1 fully saturated rings. The van der Waals surface area contributed by atoms with Crippen LogP contribution in [0.1, 0.15) is 24.0 Å². The van der Waals surface area contributed by atoms with Crippen LogP contribution in [-0.2, 0) is 0 Å². The first-order valence-corrected chi connectivity index (χ1v) is 6.17. The molecule has 16 heavy (non-hydrogen) atoms. The molecule has 0 spiro atoms. The summed E-state index contributed by atoms with van der Waals surface area (Å²) in [4.78, 5) is 0. The summed E-state index contributed by atoms with van der Waals surface area (Å²) in [5, 5.41) is 3.42. The molecule has 1 atom stereocenters. The van der Waals surface area contributed by atoms with Crippen molar-refractivity contribution >= 4 is 0 Å². The van der Waals surface area contributed by atoms with Crippen LogP contribution >= 0.6 is 0 Å². The lowest BCUT2D eigenvalue weighted by molar-refractivity contribution is 0.217. The van der Waals surface area contributed by atoms with Gasteiger partial charge in [0.2, 0.25) is 0 Å².